The van der Waals surface area contributed by atoms with Crippen molar-refractivity contribution in [2.24, 2.45) is 9.98 Å². The zero-order chi connectivity index (χ0) is 23.4. The smallest absolute Gasteiger partial charge is 0.137 e. The Morgan fingerprint density at radius 1 is 0.706 bits per heavy atom. The second kappa shape index (κ2) is 12.4. The largest absolute Gasteiger partial charge is 0.337 e. The summed E-state index contributed by atoms with van der Waals surface area (Å²) in [5.74, 6) is 1.74. The third-order valence-electron chi connectivity index (χ3n) is 5.40. The van der Waals surface area contributed by atoms with Gasteiger partial charge >= 0.3 is 0 Å². The van der Waals surface area contributed by atoms with Crippen molar-refractivity contribution in [1.82, 2.24) is 24.8 Å². The van der Waals surface area contributed by atoms with E-state index in [1.54, 1.807) is 0 Å². The maximum Gasteiger partial charge on any atom is 0.137 e. The van der Waals surface area contributed by atoms with Gasteiger partial charge in [0.1, 0.15) is 11.6 Å². The van der Waals surface area contributed by atoms with Crippen LogP contribution in [0.25, 0.3) is 22.8 Å². The average molecular weight is 454 g/mol. The molecule has 0 saturated carbocycles. The molecular weight excluding hydrogens is 422 g/mol. The van der Waals surface area contributed by atoms with Gasteiger partial charge in [-0.25, -0.2) is 9.97 Å². The topological polar surface area (TPSA) is 85.3 Å². The van der Waals surface area contributed by atoms with Crippen molar-refractivity contribution in [3.63, 3.8) is 0 Å². The Balaban J connectivity index is 1.09. The first-order chi connectivity index (χ1) is 16.8. The number of hydrogen-bond donors (Lipinski definition) is 2. The van der Waals surface area contributed by atoms with Crippen LogP contribution in [-0.4, -0.2) is 70.5 Å². The van der Waals surface area contributed by atoms with Crippen LogP contribution in [0.4, 0.5) is 0 Å². The molecule has 0 saturated heterocycles. The first kappa shape index (κ1) is 23.3. The molecule has 4 aromatic rings. The Labute approximate surface area is 200 Å². The number of nitrogens with one attached hydrogen (secondary N) is 2. The van der Waals surface area contributed by atoms with Crippen LogP contribution in [0, 0.1) is 0 Å². The van der Waals surface area contributed by atoms with Gasteiger partial charge in [0.15, 0.2) is 0 Å². The highest BCUT2D eigenvalue weighted by atomic mass is 15.1. The molecule has 4 rings (SSSR count). The van der Waals surface area contributed by atoms with Crippen LogP contribution in [0.5, 0.6) is 0 Å². The van der Waals surface area contributed by atoms with Gasteiger partial charge < -0.3 is 14.9 Å². The number of benzene rings is 2. The second-order valence-electron chi connectivity index (χ2n) is 8.19. The number of imidazole rings is 2. The van der Waals surface area contributed by atoms with Crippen molar-refractivity contribution in [2.45, 2.75) is 12.8 Å². The number of aromatic amines is 2. The number of H-pyrrole nitrogens is 2. The van der Waals surface area contributed by atoms with Crippen LogP contribution in [0.3, 0.4) is 0 Å². The monoisotopic (exact) mass is 453 g/mol. The summed E-state index contributed by atoms with van der Waals surface area (Å²) in [7, 11) is 2.15. The molecule has 0 aliphatic heterocycles. The summed E-state index contributed by atoms with van der Waals surface area (Å²) in [5.41, 5.74) is 4.01. The predicted molar refractivity (Wildman–Crippen MR) is 140 cm³/mol. The van der Waals surface area contributed by atoms with Crippen molar-refractivity contribution in [3.8, 4) is 22.8 Å². The van der Waals surface area contributed by atoms with Gasteiger partial charge in [0.2, 0.25) is 0 Å². The van der Waals surface area contributed by atoms with Gasteiger partial charge in [0.25, 0.3) is 0 Å². The fourth-order valence-electron chi connectivity index (χ4n) is 3.59. The molecule has 0 bridgehead atoms. The molecule has 7 heteroatoms. The van der Waals surface area contributed by atoms with E-state index in [0.29, 0.717) is 0 Å². The van der Waals surface area contributed by atoms with Gasteiger partial charge in [-0.3, -0.25) is 9.98 Å². The molecular formula is C27H31N7. The minimum Gasteiger partial charge on any atom is -0.337 e. The molecule has 0 radical (unpaired) electrons. The third-order valence-corrected chi connectivity index (χ3v) is 5.40. The second-order valence-corrected chi connectivity index (χ2v) is 8.19. The summed E-state index contributed by atoms with van der Waals surface area (Å²) in [4.78, 5) is 26.8. The van der Waals surface area contributed by atoms with Crippen LogP contribution in [-0.2, 0) is 0 Å². The molecule has 2 N–H and O–H groups in total. The number of aromatic nitrogens is 4. The lowest BCUT2D eigenvalue weighted by Crippen LogP contribution is -2.22. The highest BCUT2D eigenvalue weighted by Crippen LogP contribution is 2.15. The lowest BCUT2D eigenvalue weighted by Gasteiger charge is -2.14. The van der Waals surface area contributed by atoms with E-state index in [0.717, 1.165) is 73.2 Å². The third kappa shape index (κ3) is 7.08. The van der Waals surface area contributed by atoms with E-state index in [1.807, 2.05) is 85.5 Å². The summed E-state index contributed by atoms with van der Waals surface area (Å²) in [5, 5.41) is 0. The summed E-state index contributed by atoms with van der Waals surface area (Å²) >= 11 is 0. The van der Waals surface area contributed by atoms with Gasteiger partial charge in [-0.05, 0) is 33.0 Å². The van der Waals surface area contributed by atoms with Crippen LogP contribution in [0.2, 0.25) is 0 Å². The van der Waals surface area contributed by atoms with E-state index in [9.17, 15) is 0 Å². The first-order valence-electron chi connectivity index (χ1n) is 11.7. The Hall–Kier alpha value is -3.84. The van der Waals surface area contributed by atoms with Gasteiger partial charge in [-0.2, -0.15) is 0 Å². The highest BCUT2D eigenvalue weighted by Gasteiger charge is 2.02. The summed E-state index contributed by atoms with van der Waals surface area (Å²) in [6.07, 6.45) is 9.42. The first-order valence-corrected chi connectivity index (χ1v) is 11.7. The number of hydrogen-bond acceptors (Lipinski definition) is 5. The van der Waals surface area contributed by atoms with Crippen LogP contribution < -0.4 is 0 Å². The summed E-state index contributed by atoms with van der Waals surface area (Å²) in [6, 6.07) is 20.2. The molecule has 0 atom stereocenters. The molecule has 2 aromatic heterocycles. The molecule has 0 aliphatic rings. The van der Waals surface area contributed by atoms with Gasteiger partial charge in [-0.1, -0.05) is 60.7 Å². The number of aliphatic imine (C=N–C) groups is 2. The van der Waals surface area contributed by atoms with Gasteiger partial charge in [0.05, 0.1) is 23.8 Å². The van der Waals surface area contributed by atoms with Crippen molar-refractivity contribution in [2.75, 3.05) is 33.2 Å². The van der Waals surface area contributed by atoms with Crippen molar-refractivity contribution >= 4 is 12.4 Å². The lowest BCUT2D eigenvalue weighted by atomic mass is 10.2. The minimum absolute atomic E-state index is 0.797. The fraction of sp³-hybridized carbons (Fsp3) is 0.259. The highest BCUT2D eigenvalue weighted by molar-refractivity contribution is 5.78. The molecule has 34 heavy (non-hydrogen) atoms. The van der Waals surface area contributed by atoms with E-state index in [4.69, 9.17) is 0 Å². The molecule has 0 unspecified atom stereocenters. The van der Waals surface area contributed by atoms with E-state index in [2.05, 4.69) is 41.9 Å². The molecule has 2 heterocycles. The maximum atomic E-state index is 4.53. The van der Waals surface area contributed by atoms with Gasteiger partial charge in [0, 0.05) is 36.6 Å². The van der Waals surface area contributed by atoms with Crippen molar-refractivity contribution in [1.29, 1.82) is 0 Å². The standard InChI is InChI=1S/C27H31N7/c1-34(16-8-14-28-18-24-20-30-26(32-24)22-10-4-2-5-11-22)17-9-15-29-19-25-21-31-27(33-25)23-12-6-3-7-13-23/h2-7,10-13,18-21H,8-9,14-17H2,1H3,(H,30,32)(H,31,33). The molecule has 0 fully saturated rings. The molecule has 0 spiro atoms. The van der Waals surface area contributed by atoms with E-state index < -0.39 is 0 Å². The zero-order valence-corrected chi connectivity index (χ0v) is 19.6. The molecule has 174 valence electrons. The molecule has 0 amide bonds. The van der Waals surface area contributed by atoms with Crippen LogP contribution in [0.15, 0.2) is 83.0 Å². The van der Waals surface area contributed by atoms with E-state index in [1.165, 1.54) is 0 Å². The van der Waals surface area contributed by atoms with Crippen molar-refractivity contribution in [3.05, 3.63) is 84.4 Å². The zero-order valence-electron chi connectivity index (χ0n) is 19.6. The van der Waals surface area contributed by atoms with E-state index >= 15 is 0 Å². The van der Waals surface area contributed by atoms with Crippen molar-refractivity contribution < 1.29 is 0 Å². The van der Waals surface area contributed by atoms with Crippen LogP contribution >= 0.6 is 0 Å². The number of nitrogens with zero attached hydrogens (tertiary/aromatic N) is 5. The average Bonchev–Trinajstić information content (AvgIpc) is 3.55. The Bertz CT molecular complexity index is 1080. The van der Waals surface area contributed by atoms with Crippen LogP contribution in [0.1, 0.15) is 24.2 Å². The fourth-order valence-corrected chi connectivity index (χ4v) is 3.59. The SMILES string of the molecule is CN(CCCN=Cc1cnc(-c2ccccc2)[nH]1)CCCN=Cc1cnc(-c2ccccc2)[nH]1. The molecule has 2 aromatic carbocycles. The quantitative estimate of drug-likeness (QED) is 0.240. The predicted octanol–water partition coefficient (Wildman–Crippen LogP) is 4.72. The minimum atomic E-state index is 0.797. The summed E-state index contributed by atoms with van der Waals surface area (Å²) < 4.78 is 0. The van der Waals surface area contributed by atoms with Gasteiger partial charge in [-0.15, -0.1) is 0 Å². The number of rotatable bonds is 12. The van der Waals surface area contributed by atoms with E-state index in [-0.39, 0.29) is 0 Å². The normalized spacial score (nSPS) is 11.8. The molecule has 7 nitrogen and oxygen atoms in total. The summed E-state index contributed by atoms with van der Waals surface area (Å²) in [6.45, 7) is 3.62. The molecule has 0 aliphatic carbocycles. The Morgan fingerprint density at radius 2 is 1.15 bits per heavy atom. The Kier molecular flexibility index (Phi) is 8.52. The Morgan fingerprint density at radius 3 is 1.59 bits per heavy atom. The maximum absolute atomic E-state index is 4.53. The lowest BCUT2D eigenvalue weighted by molar-refractivity contribution is 0.329.